The van der Waals surface area contributed by atoms with Gasteiger partial charge in [0.2, 0.25) is 20.2 Å². The lowest BCUT2D eigenvalue weighted by molar-refractivity contribution is -0.151. The minimum absolute atomic E-state index is 0.0982. The molecule has 5 atom stereocenters. The first-order chi connectivity index (χ1) is 25.0. The zero-order valence-corrected chi connectivity index (χ0v) is 31.6. The standard InChI is InChI=1S/C41H50FN3O6Si/c1-27-39(52(3,4)42)36(23-38(48)44-25-30-12-9-8-11-29(30)21-32(44)26-46)51-41(27)34-22-33(50-2)18-19-35(34)45(40(41)49)24-28-14-16-31(17-15-28)43-20-10-6-5-7-13-37(43)47/h8-9,11-12,14-19,22,27,32,36,39,46H,5-7,10,13,20-21,23-26H2,1-4H3/t27-,32-,36+,39-,41+/m0/s1. The lowest BCUT2D eigenvalue weighted by Gasteiger charge is -2.37. The van der Waals surface area contributed by atoms with Gasteiger partial charge in [0.15, 0.2) is 5.60 Å². The van der Waals surface area contributed by atoms with Gasteiger partial charge in [0.1, 0.15) is 5.75 Å². The zero-order chi connectivity index (χ0) is 36.8. The van der Waals surface area contributed by atoms with Crippen molar-refractivity contribution in [3.8, 4) is 5.75 Å². The molecule has 3 aromatic carbocycles. The fourth-order valence-corrected chi connectivity index (χ4v) is 11.7. The van der Waals surface area contributed by atoms with Crippen LogP contribution >= 0.6 is 0 Å². The Bertz CT molecular complexity index is 1830. The molecule has 1 spiro atoms. The highest BCUT2D eigenvalue weighted by Gasteiger charge is 2.67. The second-order valence-electron chi connectivity index (χ2n) is 15.5. The van der Waals surface area contributed by atoms with Gasteiger partial charge in [-0.3, -0.25) is 14.4 Å². The molecule has 4 heterocycles. The van der Waals surface area contributed by atoms with E-state index in [1.807, 2.05) is 78.6 Å². The van der Waals surface area contributed by atoms with E-state index in [9.17, 15) is 19.5 Å². The van der Waals surface area contributed by atoms with Crippen LogP contribution in [-0.2, 0) is 44.2 Å². The number of aliphatic hydroxyl groups is 1. The Morgan fingerprint density at radius 2 is 1.75 bits per heavy atom. The van der Waals surface area contributed by atoms with Gasteiger partial charge in [-0.25, -0.2) is 0 Å². The summed E-state index contributed by atoms with van der Waals surface area (Å²) in [6, 6.07) is 20.8. The third-order valence-corrected chi connectivity index (χ3v) is 14.3. The van der Waals surface area contributed by atoms with Crippen molar-refractivity contribution in [2.45, 2.75) is 101 Å². The molecule has 0 unspecified atom stereocenters. The number of hydrogen-bond donors (Lipinski definition) is 1. The number of amides is 3. The molecule has 2 saturated heterocycles. The van der Waals surface area contributed by atoms with Gasteiger partial charge in [-0.05, 0) is 79.4 Å². The van der Waals surface area contributed by atoms with E-state index < -0.39 is 37.6 Å². The summed E-state index contributed by atoms with van der Waals surface area (Å²) in [4.78, 5) is 47.2. The first kappa shape index (κ1) is 36.3. The fraction of sp³-hybridized carbons (Fsp3) is 0.488. The SMILES string of the molecule is COc1ccc2c(c1)[C@@]1(O[C@H](CC(=O)N3Cc4ccccc4C[C@H]3CO)[C@@H]([Si](C)(C)F)[C@@H]1C)C(=O)N2Cc1ccc(N2CCCCCCC2=O)cc1. The van der Waals surface area contributed by atoms with Crippen molar-refractivity contribution in [1.29, 1.82) is 0 Å². The molecule has 0 aliphatic carbocycles. The van der Waals surface area contributed by atoms with E-state index in [1.54, 1.807) is 30.0 Å². The summed E-state index contributed by atoms with van der Waals surface area (Å²) in [5, 5.41) is 10.3. The Labute approximate surface area is 306 Å². The Morgan fingerprint density at radius 1 is 1.02 bits per heavy atom. The van der Waals surface area contributed by atoms with Crippen molar-refractivity contribution < 1.29 is 33.1 Å². The number of carbonyl (C=O) groups excluding carboxylic acids is 3. The topological polar surface area (TPSA) is 99.6 Å². The van der Waals surface area contributed by atoms with Crippen LogP contribution in [0.3, 0.4) is 0 Å². The molecule has 276 valence electrons. The predicted octanol–water partition coefficient (Wildman–Crippen LogP) is 6.65. The summed E-state index contributed by atoms with van der Waals surface area (Å²) in [6.45, 7) is 6.26. The Morgan fingerprint density at radius 3 is 2.46 bits per heavy atom. The Hall–Kier alpha value is -4.06. The molecule has 4 aliphatic rings. The number of aliphatic hydroxyl groups excluding tert-OH is 1. The molecule has 1 N–H and O–H groups in total. The second-order valence-corrected chi connectivity index (χ2v) is 19.3. The van der Waals surface area contributed by atoms with Crippen molar-refractivity contribution in [3.63, 3.8) is 0 Å². The van der Waals surface area contributed by atoms with Gasteiger partial charge >= 0.3 is 0 Å². The van der Waals surface area contributed by atoms with Crippen LogP contribution in [-0.4, -0.2) is 68.5 Å². The molecule has 11 heteroatoms. The molecular weight excluding hydrogens is 678 g/mol. The molecule has 3 amide bonds. The monoisotopic (exact) mass is 727 g/mol. The summed E-state index contributed by atoms with van der Waals surface area (Å²) < 4.78 is 29.0. The van der Waals surface area contributed by atoms with Crippen molar-refractivity contribution in [2.75, 3.05) is 30.1 Å². The molecule has 0 aromatic heterocycles. The molecule has 0 saturated carbocycles. The van der Waals surface area contributed by atoms with Crippen molar-refractivity contribution in [1.82, 2.24) is 4.90 Å². The van der Waals surface area contributed by atoms with E-state index in [-0.39, 0.29) is 37.3 Å². The van der Waals surface area contributed by atoms with Gasteiger partial charge < -0.3 is 33.4 Å². The molecule has 4 aliphatic heterocycles. The fourth-order valence-electron chi connectivity index (χ4n) is 9.24. The lowest BCUT2D eigenvalue weighted by Crippen LogP contribution is -2.48. The summed E-state index contributed by atoms with van der Waals surface area (Å²) in [6.07, 6.45) is 4.21. The van der Waals surface area contributed by atoms with Gasteiger partial charge in [0.05, 0.1) is 44.5 Å². The molecule has 0 bridgehead atoms. The van der Waals surface area contributed by atoms with Crippen molar-refractivity contribution in [3.05, 3.63) is 89.0 Å². The van der Waals surface area contributed by atoms with Gasteiger partial charge in [0.25, 0.3) is 5.91 Å². The second kappa shape index (κ2) is 14.4. The number of rotatable bonds is 8. The first-order valence-corrected chi connectivity index (χ1v) is 21.7. The van der Waals surface area contributed by atoms with E-state index in [4.69, 9.17) is 9.47 Å². The molecule has 52 heavy (non-hydrogen) atoms. The normalized spacial score (nSPS) is 26.3. The molecular formula is C41H50FN3O6Si. The van der Waals surface area contributed by atoms with Crippen LogP contribution in [0.5, 0.6) is 5.75 Å². The molecule has 3 aromatic rings. The average Bonchev–Trinajstić information content (AvgIpc) is 3.55. The number of fused-ring (bicyclic) bond motifs is 3. The number of hydrogen-bond acceptors (Lipinski definition) is 6. The third kappa shape index (κ3) is 6.45. The van der Waals surface area contributed by atoms with Gasteiger partial charge in [-0.1, -0.05) is 56.2 Å². The highest BCUT2D eigenvalue weighted by atomic mass is 28.4. The van der Waals surface area contributed by atoms with Crippen LogP contribution in [0.25, 0.3) is 0 Å². The van der Waals surface area contributed by atoms with Crippen LogP contribution in [0, 0.1) is 5.92 Å². The maximum absolute atomic E-state index is 16.5. The first-order valence-electron chi connectivity index (χ1n) is 18.7. The van der Waals surface area contributed by atoms with Crippen LogP contribution < -0.4 is 14.5 Å². The smallest absolute Gasteiger partial charge is 0.264 e. The van der Waals surface area contributed by atoms with E-state index in [1.165, 1.54) is 0 Å². The van der Waals surface area contributed by atoms with E-state index in [0.717, 1.165) is 48.1 Å². The summed E-state index contributed by atoms with van der Waals surface area (Å²) in [7, 11) is -1.96. The number of anilines is 2. The van der Waals surface area contributed by atoms with Crippen molar-refractivity contribution in [2.24, 2.45) is 5.92 Å². The van der Waals surface area contributed by atoms with Gasteiger partial charge in [-0.15, -0.1) is 0 Å². The average molecular weight is 728 g/mol. The number of ether oxygens (including phenoxy) is 2. The third-order valence-electron chi connectivity index (χ3n) is 11.8. The molecule has 7 rings (SSSR count). The van der Waals surface area contributed by atoms with Crippen molar-refractivity contribution >= 4 is 37.5 Å². The summed E-state index contributed by atoms with van der Waals surface area (Å²) in [5.41, 5.74) is 2.97. The predicted molar refractivity (Wildman–Crippen MR) is 200 cm³/mol. The lowest BCUT2D eigenvalue weighted by atomic mass is 9.82. The zero-order valence-electron chi connectivity index (χ0n) is 30.6. The molecule has 2 fully saturated rings. The van der Waals surface area contributed by atoms with Gasteiger partial charge in [0, 0.05) is 42.2 Å². The maximum atomic E-state index is 16.5. The van der Waals surface area contributed by atoms with Crippen LogP contribution in [0.15, 0.2) is 66.7 Å². The van der Waals surface area contributed by atoms with Crippen LogP contribution in [0.2, 0.25) is 18.6 Å². The van der Waals surface area contributed by atoms with Crippen LogP contribution in [0.1, 0.15) is 67.7 Å². The summed E-state index contributed by atoms with van der Waals surface area (Å²) in [5.74, 6) is -0.395. The Balaban J connectivity index is 1.19. The van der Waals surface area contributed by atoms with E-state index >= 15 is 4.11 Å². The molecule has 0 radical (unpaired) electrons. The number of carbonyl (C=O) groups is 3. The van der Waals surface area contributed by atoms with E-state index in [0.29, 0.717) is 42.9 Å². The maximum Gasteiger partial charge on any atom is 0.264 e. The quantitative estimate of drug-likeness (QED) is 0.206. The largest absolute Gasteiger partial charge is 0.497 e. The Kier molecular flexibility index (Phi) is 10.1. The number of nitrogens with zero attached hydrogens (tertiary/aromatic N) is 3. The summed E-state index contributed by atoms with van der Waals surface area (Å²) >= 11 is 0. The molecule has 9 nitrogen and oxygen atoms in total. The highest BCUT2D eigenvalue weighted by molar-refractivity contribution is 6.72. The van der Waals surface area contributed by atoms with E-state index in [2.05, 4.69) is 0 Å². The van der Waals surface area contributed by atoms with Crippen LogP contribution in [0.4, 0.5) is 15.5 Å². The van der Waals surface area contributed by atoms with Gasteiger partial charge in [-0.2, -0.15) is 0 Å². The number of methoxy groups -OCH3 is 1. The number of benzene rings is 3. The number of halogens is 1. The minimum atomic E-state index is -3.53. The highest BCUT2D eigenvalue weighted by Crippen LogP contribution is 2.61. The minimum Gasteiger partial charge on any atom is -0.497 e.